The van der Waals surface area contributed by atoms with Crippen molar-refractivity contribution in [1.82, 2.24) is 4.90 Å². The first-order valence-electron chi connectivity index (χ1n) is 7.01. The zero-order chi connectivity index (χ0) is 13.2. The normalized spacial score (nSPS) is 10.6. The van der Waals surface area contributed by atoms with Gasteiger partial charge in [-0.05, 0) is 43.6 Å². The Kier molecular flexibility index (Phi) is 7.13. The van der Waals surface area contributed by atoms with Crippen LogP contribution in [0.2, 0.25) is 0 Å². The number of nitriles is 1. The van der Waals surface area contributed by atoms with E-state index in [-0.39, 0.29) is 0 Å². The molecule has 1 rings (SSSR count). The van der Waals surface area contributed by atoms with Crippen molar-refractivity contribution in [2.24, 2.45) is 0 Å². The number of hydrogen-bond acceptors (Lipinski definition) is 2. The fourth-order valence-electron chi connectivity index (χ4n) is 2.03. The SMILES string of the molecule is CCCCN(CCCC)Cc1cccc(C#N)c1. The number of benzene rings is 1. The minimum atomic E-state index is 0.762. The largest absolute Gasteiger partial charge is 0.299 e. The molecule has 0 aromatic heterocycles. The standard InChI is InChI=1S/C16H24N2/c1-3-5-10-18(11-6-4-2)14-16-9-7-8-15(12-16)13-17/h7-9,12H,3-6,10-11,14H2,1-2H3. The molecule has 0 atom stereocenters. The highest BCUT2D eigenvalue weighted by atomic mass is 15.1. The van der Waals surface area contributed by atoms with Crippen LogP contribution in [0.5, 0.6) is 0 Å². The molecule has 0 saturated heterocycles. The van der Waals surface area contributed by atoms with Crippen LogP contribution in [0.4, 0.5) is 0 Å². The summed E-state index contributed by atoms with van der Waals surface area (Å²) in [7, 11) is 0. The van der Waals surface area contributed by atoms with E-state index in [9.17, 15) is 0 Å². The maximum atomic E-state index is 8.92. The fourth-order valence-corrected chi connectivity index (χ4v) is 2.03. The first-order chi connectivity index (χ1) is 8.80. The molecule has 0 saturated carbocycles. The second-order valence-electron chi connectivity index (χ2n) is 4.80. The van der Waals surface area contributed by atoms with E-state index in [1.54, 1.807) is 0 Å². The lowest BCUT2D eigenvalue weighted by Gasteiger charge is -2.22. The van der Waals surface area contributed by atoms with E-state index in [2.05, 4.69) is 30.9 Å². The van der Waals surface area contributed by atoms with Crippen LogP contribution in [-0.4, -0.2) is 18.0 Å². The molecule has 0 unspecified atom stereocenters. The van der Waals surface area contributed by atoms with Crippen molar-refractivity contribution in [3.63, 3.8) is 0 Å². The summed E-state index contributed by atoms with van der Waals surface area (Å²) in [4.78, 5) is 2.50. The summed E-state index contributed by atoms with van der Waals surface area (Å²) in [5, 5.41) is 8.92. The molecular weight excluding hydrogens is 220 g/mol. The summed E-state index contributed by atoms with van der Waals surface area (Å²) in [6.07, 6.45) is 4.98. The fraction of sp³-hybridized carbons (Fsp3) is 0.562. The lowest BCUT2D eigenvalue weighted by molar-refractivity contribution is 0.257. The molecule has 0 heterocycles. The van der Waals surface area contributed by atoms with Crippen molar-refractivity contribution in [2.45, 2.75) is 46.1 Å². The third-order valence-electron chi connectivity index (χ3n) is 3.12. The summed E-state index contributed by atoms with van der Waals surface area (Å²) in [5.41, 5.74) is 2.01. The average Bonchev–Trinajstić information content (AvgIpc) is 2.42. The summed E-state index contributed by atoms with van der Waals surface area (Å²) >= 11 is 0. The smallest absolute Gasteiger partial charge is 0.0991 e. The van der Waals surface area contributed by atoms with E-state index in [4.69, 9.17) is 5.26 Å². The van der Waals surface area contributed by atoms with Crippen molar-refractivity contribution in [2.75, 3.05) is 13.1 Å². The van der Waals surface area contributed by atoms with Crippen LogP contribution in [0, 0.1) is 11.3 Å². The molecule has 1 aromatic carbocycles. The Balaban J connectivity index is 2.59. The molecule has 0 N–H and O–H groups in total. The lowest BCUT2D eigenvalue weighted by Crippen LogP contribution is -2.25. The maximum absolute atomic E-state index is 8.92. The Bertz CT molecular complexity index is 371. The lowest BCUT2D eigenvalue weighted by atomic mass is 10.1. The molecule has 0 amide bonds. The molecular formula is C16H24N2. The van der Waals surface area contributed by atoms with E-state index in [1.165, 1.54) is 31.2 Å². The molecule has 0 bridgehead atoms. The van der Waals surface area contributed by atoms with Gasteiger partial charge in [-0.1, -0.05) is 38.8 Å². The van der Waals surface area contributed by atoms with E-state index >= 15 is 0 Å². The third kappa shape index (κ3) is 5.33. The van der Waals surface area contributed by atoms with Crippen LogP contribution >= 0.6 is 0 Å². The molecule has 1 aromatic rings. The van der Waals surface area contributed by atoms with Crippen LogP contribution in [0.25, 0.3) is 0 Å². The molecule has 0 radical (unpaired) electrons. The molecule has 98 valence electrons. The van der Waals surface area contributed by atoms with Crippen LogP contribution in [0.15, 0.2) is 24.3 Å². The summed E-state index contributed by atoms with van der Waals surface area (Å²) in [6.45, 7) is 7.75. The summed E-state index contributed by atoms with van der Waals surface area (Å²) in [6, 6.07) is 10.2. The first-order valence-corrected chi connectivity index (χ1v) is 7.01. The monoisotopic (exact) mass is 244 g/mol. The number of unbranched alkanes of at least 4 members (excludes halogenated alkanes) is 2. The maximum Gasteiger partial charge on any atom is 0.0991 e. The Hall–Kier alpha value is -1.33. The van der Waals surface area contributed by atoms with Gasteiger partial charge < -0.3 is 0 Å². The minimum absolute atomic E-state index is 0.762. The van der Waals surface area contributed by atoms with Gasteiger partial charge in [0.05, 0.1) is 11.6 Å². The highest BCUT2D eigenvalue weighted by molar-refractivity contribution is 5.32. The van der Waals surface area contributed by atoms with E-state index in [1.807, 2.05) is 18.2 Å². The average molecular weight is 244 g/mol. The van der Waals surface area contributed by atoms with Gasteiger partial charge in [-0.25, -0.2) is 0 Å². The van der Waals surface area contributed by atoms with Gasteiger partial charge in [0.15, 0.2) is 0 Å². The predicted molar refractivity (Wildman–Crippen MR) is 76.3 cm³/mol. The van der Waals surface area contributed by atoms with Gasteiger partial charge in [0.25, 0.3) is 0 Å². The summed E-state index contributed by atoms with van der Waals surface area (Å²) < 4.78 is 0. The van der Waals surface area contributed by atoms with Gasteiger partial charge in [0.1, 0.15) is 0 Å². The molecule has 0 spiro atoms. The molecule has 2 heteroatoms. The predicted octanol–water partition coefficient (Wildman–Crippen LogP) is 3.96. The van der Waals surface area contributed by atoms with Crippen LogP contribution in [-0.2, 0) is 6.54 Å². The van der Waals surface area contributed by atoms with Crippen LogP contribution < -0.4 is 0 Å². The summed E-state index contributed by atoms with van der Waals surface area (Å²) in [5.74, 6) is 0. The van der Waals surface area contributed by atoms with Gasteiger partial charge in [0.2, 0.25) is 0 Å². The second-order valence-corrected chi connectivity index (χ2v) is 4.80. The highest BCUT2D eigenvalue weighted by Gasteiger charge is 2.05. The number of hydrogen-bond donors (Lipinski definition) is 0. The van der Waals surface area contributed by atoms with Crippen molar-refractivity contribution in [3.8, 4) is 6.07 Å². The topological polar surface area (TPSA) is 27.0 Å². The Morgan fingerprint density at radius 3 is 2.33 bits per heavy atom. The Morgan fingerprint density at radius 1 is 1.11 bits per heavy atom. The van der Waals surface area contributed by atoms with Gasteiger partial charge >= 0.3 is 0 Å². The molecule has 18 heavy (non-hydrogen) atoms. The van der Waals surface area contributed by atoms with Crippen molar-refractivity contribution < 1.29 is 0 Å². The molecule has 0 fully saturated rings. The zero-order valence-corrected chi connectivity index (χ0v) is 11.7. The quantitative estimate of drug-likeness (QED) is 0.692. The van der Waals surface area contributed by atoms with Gasteiger partial charge in [0, 0.05) is 6.54 Å². The van der Waals surface area contributed by atoms with Gasteiger partial charge in [-0.15, -0.1) is 0 Å². The van der Waals surface area contributed by atoms with E-state index < -0.39 is 0 Å². The number of nitrogens with zero attached hydrogens (tertiary/aromatic N) is 2. The minimum Gasteiger partial charge on any atom is -0.299 e. The first kappa shape index (κ1) is 14.7. The zero-order valence-electron chi connectivity index (χ0n) is 11.7. The van der Waals surface area contributed by atoms with Gasteiger partial charge in [-0.3, -0.25) is 4.90 Å². The van der Waals surface area contributed by atoms with Crippen LogP contribution in [0.3, 0.4) is 0 Å². The number of rotatable bonds is 8. The Morgan fingerprint density at radius 2 is 1.78 bits per heavy atom. The van der Waals surface area contributed by atoms with Crippen molar-refractivity contribution >= 4 is 0 Å². The molecule has 0 aliphatic rings. The van der Waals surface area contributed by atoms with Crippen molar-refractivity contribution in [1.29, 1.82) is 5.26 Å². The van der Waals surface area contributed by atoms with Crippen molar-refractivity contribution in [3.05, 3.63) is 35.4 Å². The van der Waals surface area contributed by atoms with Crippen LogP contribution in [0.1, 0.15) is 50.7 Å². The molecule has 2 nitrogen and oxygen atoms in total. The van der Waals surface area contributed by atoms with E-state index in [0.29, 0.717) is 0 Å². The van der Waals surface area contributed by atoms with Gasteiger partial charge in [-0.2, -0.15) is 5.26 Å². The Labute approximate surface area is 111 Å². The molecule has 0 aliphatic carbocycles. The highest BCUT2D eigenvalue weighted by Crippen LogP contribution is 2.09. The second kappa shape index (κ2) is 8.72. The third-order valence-corrected chi connectivity index (χ3v) is 3.12. The molecule has 0 aliphatic heterocycles. The van der Waals surface area contributed by atoms with E-state index in [0.717, 1.165) is 25.2 Å².